The van der Waals surface area contributed by atoms with E-state index in [0.29, 0.717) is 0 Å². The van der Waals surface area contributed by atoms with Crippen molar-refractivity contribution in [1.82, 2.24) is 9.55 Å². The largest absolute Gasteiger partial charge is 1.00 e. The number of phosphoric ester groups is 1. The zero-order valence-electron chi connectivity index (χ0n) is 18.7. The Morgan fingerprint density at radius 3 is 2.15 bits per heavy atom. The van der Waals surface area contributed by atoms with E-state index in [0.717, 1.165) is 11.7 Å². The number of nitrogens with zero attached hydrogens (tertiary/aromatic N) is 2. The number of nitrogens with two attached hydrogens (primary N) is 1. The summed E-state index contributed by atoms with van der Waals surface area (Å²) in [7, 11) is -16.9. The van der Waals surface area contributed by atoms with Crippen molar-refractivity contribution in [2.24, 2.45) is 0 Å². The van der Waals surface area contributed by atoms with Crippen LogP contribution in [0.5, 0.6) is 0 Å². The van der Waals surface area contributed by atoms with Gasteiger partial charge in [-0.25, -0.2) is 9.11 Å². The Balaban J connectivity index is -0.00000240. The second kappa shape index (κ2) is 15.7. The third-order valence-electron chi connectivity index (χ3n) is 3.51. The number of anilines is 1. The molecule has 1 aromatic rings. The number of hydrogen-bond acceptors (Lipinski definition) is 16. The summed E-state index contributed by atoms with van der Waals surface area (Å²) in [5.41, 5.74) is 4.49. The van der Waals surface area contributed by atoms with Gasteiger partial charge in [-0.05, 0) is 6.07 Å². The number of rotatable bonds is 9. The fraction of sp³-hybridized carbons (Fsp3) is 0.600. The van der Waals surface area contributed by atoms with Gasteiger partial charge in [0.2, 0.25) is 0 Å². The molecule has 3 unspecified atom stereocenters. The van der Waals surface area contributed by atoms with Crippen molar-refractivity contribution in [2.45, 2.75) is 24.5 Å². The average molecular weight is 521 g/mol. The summed E-state index contributed by atoms with van der Waals surface area (Å²) < 4.78 is 54.9. The van der Waals surface area contributed by atoms with E-state index in [9.17, 15) is 43.2 Å². The first-order valence-corrected chi connectivity index (χ1v) is 11.9. The van der Waals surface area contributed by atoms with Crippen LogP contribution in [0.3, 0.4) is 0 Å². The van der Waals surface area contributed by atoms with Crippen LogP contribution in [0.15, 0.2) is 17.1 Å². The van der Waals surface area contributed by atoms with Crippen LogP contribution < -0.4 is 106 Å². The van der Waals surface area contributed by atoms with E-state index in [-0.39, 0.29) is 81.3 Å². The second-order valence-corrected chi connectivity index (χ2v) is 9.85. The molecule has 1 aromatic heterocycles. The summed E-state index contributed by atoms with van der Waals surface area (Å²) in [5, 5.41) is 10.2. The van der Waals surface area contributed by atoms with E-state index in [1.807, 2.05) is 0 Å². The van der Waals surface area contributed by atoms with Gasteiger partial charge in [-0.1, -0.05) is 0 Å². The minimum Gasteiger partial charge on any atom is -0.790 e. The molecule has 2 heterocycles. The number of nitrogen functional groups attached to an aromatic ring is 1. The smallest absolute Gasteiger partial charge is 0.790 e. The Labute approximate surface area is 240 Å². The quantitative estimate of drug-likeness (QED) is 0.226. The van der Waals surface area contributed by atoms with E-state index in [2.05, 4.69) is 18.1 Å². The molecule has 17 nitrogen and oxygen atoms in total. The molecule has 0 aromatic carbocycles. The van der Waals surface area contributed by atoms with Crippen molar-refractivity contribution in [3.63, 3.8) is 0 Å². The van der Waals surface area contributed by atoms with Gasteiger partial charge < -0.3 is 49.0 Å². The Morgan fingerprint density at radius 2 is 1.68 bits per heavy atom. The number of ether oxygens (including phenoxy) is 2. The second-order valence-electron chi connectivity index (χ2n) is 5.60. The zero-order valence-corrected chi connectivity index (χ0v) is 21.4. The van der Waals surface area contributed by atoms with E-state index >= 15 is 0 Å². The van der Waals surface area contributed by atoms with Crippen LogP contribution >= 0.6 is 23.5 Å². The van der Waals surface area contributed by atoms with E-state index in [1.165, 1.54) is 12.3 Å². The SMILES string of the molecule is CO[C@H]1C(O)[C@@H](COP(=O)([O-])OP(=O)([O-])OP(=O)([O-])[O-])O[C@H]1n1ccc(N)nc1=O.[Li+].[Li+].[Li+].[Li+]. The monoisotopic (exact) mass is 521 g/mol. The van der Waals surface area contributed by atoms with E-state index in [1.54, 1.807) is 0 Å². The average Bonchev–Trinajstić information content (AvgIpc) is 2.85. The number of aliphatic hydroxyl groups excluding tert-OH is 1. The van der Waals surface area contributed by atoms with Gasteiger partial charge in [0.1, 0.15) is 24.1 Å². The summed E-state index contributed by atoms with van der Waals surface area (Å²) in [5.74, 6) is -0.0990. The first kappa shape index (κ1) is 39.9. The van der Waals surface area contributed by atoms with Gasteiger partial charge in [0, 0.05) is 13.3 Å². The maximum absolute atomic E-state index is 11.9. The van der Waals surface area contributed by atoms with Crippen molar-refractivity contribution in [3.8, 4) is 0 Å². The summed E-state index contributed by atoms with van der Waals surface area (Å²) in [6.45, 7) is -1.05. The Kier molecular flexibility index (Phi) is 18.4. The Morgan fingerprint density at radius 1 is 1.12 bits per heavy atom. The number of hydrogen-bond donors (Lipinski definition) is 2. The fourth-order valence-corrected chi connectivity index (χ4v) is 5.27. The van der Waals surface area contributed by atoms with Gasteiger partial charge in [0.15, 0.2) is 6.23 Å². The van der Waals surface area contributed by atoms with Crippen molar-refractivity contribution >= 4 is 29.3 Å². The first-order valence-electron chi connectivity index (χ1n) is 7.56. The van der Waals surface area contributed by atoms with Crippen LogP contribution in [0.4, 0.5) is 5.82 Å². The van der Waals surface area contributed by atoms with Gasteiger partial charge in [-0.3, -0.25) is 18.0 Å². The molecule has 1 aliphatic heterocycles. The summed E-state index contributed by atoms with van der Waals surface area (Å²) in [6, 6.07) is 1.24. The van der Waals surface area contributed by atoms with Crippen LogP contribution in [0.1, 0.15) is 6.23 Å². The van der Waals surface area contributed by atoms with Gasteiger partial charge >= 0.3 is 81.1 Å². The maximum atomic E-state index is 11.9. The number of phosphoric acid groups is 3. The van der Waals surface area contributed by atoms with Crippen LogP contribution in [-0.4, -0.2) is 46.7 Å². The standard InChI is InChI=1S/C10H18N3O14P3.4Li/c1-23-8-7(14)5(25-9(8)13-3-2-6(11)12-10(13)15)4-24-29(19,20)27-30(21,22)26-28(16,17)18;;;;/h2-3,5,7-9,14H,4H2,1H3,(H,19,20)(H,21,22)(H2,11,12,15)(H2,16,17,18);;;;/q;4*+1/p-4/t5-,7?,8+,9-;;;;/m1..../s1. The summed E-state index contributed by atoms with van der Waals surface area (Å²) in [4.78, 5) is 58.7. The maximum Gasteiger partial charge on any atom is 1.00 e. The van der Waals surface area contributed by atoms with E-state index in [4.69, 9.17) is 15.2 Å². The number of aromatic nitrogens is 2. The van der Waals surface area contributed by atoms with Gasteiger partial charge in [-0.2, -0.15) is 4.98 Å². The molecular weight excluding hydrogens is 507 g/mol. The molecule has 1 saturated heterocycles. The molecular formula is C10H14Li4N3O14P3. The third kappa shape index (κ3) is 11.8. The summed E-state index contributed by atoms with van der Waals surface area (Å²) in [6.07, 6.45) is -4.41. The van der Waals surface area contributed by atoms with Crippen LogP contribution in [0.25, 0.3) is 0 Å². The molecule has 0 amide bonds. The molecule has 0 spiro atoms. The molecule has 0 radical (unpaired) electrons. The molecule has 1 aliphatic rings. The predicted molar refractivity (Wildman–Crippen MR) is 84.6 cm³/mol. The molecule has 172 valence electrons. The molecule has 0 aliphatic carbocycles. The predicted octanol–water partition coefficient (Wildman–Crippen LogP) is -16.1. The molecule has 0 bridgehead atoms. The summed E-state index contributed by atoms with van der Waals surface area (Å²) >= 11 is 0. The Bertz CT molecular complexity index is 981. The van der Waals surface area contributed by atoms with E-state index < -0.39 is 60.3 Å². The molecule has 0 saturated carbocycles. The minimum absolute atomic E-state index is 0. The van der Waals surface area contributed by atoms with Crippen LogP contribution in [-0.2, 0) is 36.3 Å². The zero-order chi connectivity index (χ0) is 22.9. The van der Waals surface area contributed by atoms with Crippen molar-refractivity contribution in [1.29, 1.82) is 0 Å². The third-order valence-corrected chi connectivity index (χ3v) is 7.17. The first-order chi connectivity index (χ1) is 13.6. The van der Waals surface area contributed by atoms with Gasteiger partial charge in [0.05, 0.1) is 14.4 Å². The van der Waals surface area contributed by atoms with Gasteiger partial charge in [-0.15, -0.1) is 0 Å². The van der Waals surface area contributed by atoms with Crippen molar-refractivity contribution < 1.29 is 136 Å². The van der Waals surface area contributed by atoms with Gasteiger partial charge in [0.25, 0.3) is 15.6 Å². The minimum atomic E-state index is -6.13. The molecule has 1 fully saturated rings. The number of aliphatic hydroxyl groups is 1. The van der Waals surface area contributed by atoms with Crippen LogP contribution in [0.2, 0.25) is 0 Å². The van der Waals surface area contributed by atoms with Crippen molar-refractivity contribution in [3.05, 3.63) is 22.7 Å². The normalized spacial score (nSPS) is 25.4. The molecule has 6 atom stereocenters. The van der Waals surface area contributed by atoms with Crippen LogP contribution in [0, 0.1) is 0 Å². The molecule has 34 heavy (non-hydrogen) atoms. The number of methoxy groups -OCH3 is 1. The molecule has 2 rings (SSSR count). The molecule has 24 heteroatoms. The Hall–Kier alpha value is 1.36. The topological polar surface area (TPSA) is 271 Å². The van der Waals surface area contributed by atoms with Crippen molar-refractivity contribution in [2.75, 3.05) is 19.5 Å². The molecule has 3 N–H and O–H groups in total. The fourth-order valence-electron chi connectivity index (χ4n) is 2.40.